The van der Waals surface area contributed by atoms with E-state index in [1.807, 2.05) is 54.6 Å². The van der Waals surface area contributed by atoms with Crippen molar-refractivity contribution >= 4 is 5.91 Å². The van der Waals surface area contributed by atoms with Gasteiger partial charge in [0.25, 0.3) is 0 Å². The molecule has 0 aliphatic carbocycles. The van der Waals surface area contributed by atoms with E-state index < -0.39 is 0 Å². The third kappa shape index (κ3) is 4.59. The molecule has 0 radical (unpaired) electrons. The van der Waals surface area contributed by atoms with Crippen molar-refractivity contribution in [3.63, 3.8) is 0 Å². The van der Waals surface area contributed by atoms with E-state index in [9.17, 15) is 4.79 Å². The van der Waals surface area contributed by atoms with Gasteiger partial charge in [-0.25, -0.2) is 0 Å². The molecular formula is C20H24N2O3. The SMILES string of the molecule is COc1ccccc1C(NC(=O)CC1COCCN1)c1ccccc1. The van der Waals surface area contributed by atoms with Crippen molar-refractivity contribution in [2.75, 3.05) is 26.9 Å². The maximum absolute atomic E-state index is 12.6. The van der Waals surface area contributed by atoms with Gasteiger partial charge in [-0.2, -0.15) is 0 Å². The van der Waals surface area contributed by atoms with Crippen molar-refractivity contribution in [3.8, 4) is 5.75 Å². The minimum atomic E-state index is -0.255. The summed E-state index contributed by atoms with van der Waals surface area (Å²) in [4.78, 5) is 12.6. The summed E-state index contributed by atoms with van der Waals surface area (Å²) in [5.74, 6) is 0.749. The molecule has 2 unspecified atom stereocenters. The molecule has 2 N–H and O–H groups in total. The largest absolute Gasteiger partial charge is 0.496 e. The van der Waals surface area contributed by atoms with Gasteiger partial charge in [0, 0.05) is 24.6 Å². The summed E-state index contributed by atoms with van der Waals surface area (Å²) in [6, 6.07) is 17.5. The summed E-state index contributed by atoms with van der Waals surface area (Å²) in [5.41, 5.74) is 1.96. The highest BCUT2D eigenvalue weighted by atomic mass is 16.5. The second-order valence-corrected chi connectivity index (χ2v) is 6.08. The summed E-state index contributed by atoms with van der Waals surface area (Å²) in [6.45, 7) is 2.05. The lowest BCUT2D eigenvalue weighted by Crippen LogP contribution is -2.44. The van der Waals surface area contributed by atoms with Crippen molar-refractivity contribution in [2.45, 2.75) is 18.5 Å². The van der Waals surface area contributed by atoms with E-state index in [0.717, 1.165) is 23.4 Å². The van der Waals surface area contributed by atoms with Gasteiger partial charge >= 0.3 is 0 Å². The van der Waals surface area contributed by atoms with Crippen LogP contribution in [0.1, 0.15) is 23.6 Å². The lowest BCUT2D eigenvalue weighted by atomic mass is 9.97. The zero-order valence-corrected chi connectivity index (χ0v) is 14.4. The summed E-state index contributed by atoms with van der Waals surface area (Å²) >= 11 is 0. The highest BCUT2D eigenvalue weighted by Crippen LogP contribution is 2.30. The highest BCUT2D eigenvalue weighted by molar-refractivity contribution is 5.78. The van der Waals surface area contributed by atoms with Crippen molar-refractivity contribution in [2.24, 2.45) is 0 Å². The third-order valence-electron chi connectivity index (χ3n) is 4.32. The normalized spacial score (nSPS) is 18.4. The number of para-hydroxylation sites is 1. The number of hydrogen-bond acceptors (Lipinski definition) is 4. The maximum Gasteiger partial charge on any atom is 0.222 e. The van der Waals surface area contributed by atoms with Crippen LogP contribution in [0.25, 0.3) is 0 Å². The zero-order valence-electron chi connectivity index (χ0n) is 14.4. The Hall–Kier alpha value is -2.37. The number of carbonyl (C=O) groups excluding carboxylic acids is 1. The molecule has 3 rings (SSSR count). The number of carbonyl (C=O) groups is 1. The number of hydrogen-bond donors (Lipinski definition) is 2. The molecule has 5 heteroatoms. The Kier molecular flexibility index (Phi) is 6.04. The number of benzene rings is 2. The predicted octanol–water partition coefficient (Wildman–Crippen LogP) is 2.28. The maximum atomic E-state index is 12.6. The fourth-order valence-corrected chi connectivity index (χ4v) is 3.09. The van der Waals surface area contributed by atoms with E-state index in [4.69, 9.17) is 9.47 Å². The molecule has 5 nitrogen and oxygen atoms in total. The summed E-state index contributed by atoms with van der Waals surface area (Å²) in [7, 11) is 1.64. The molecule has 1 amide bonds. The molecule has 132 valence electrons. The first-order valence-corrected chi connectivity index (χ1v) is 8.56. The molecule has 0 aromatic heterocycles. The van der Waals surface area contributed by atoms with E-state index in [1.54, 1.807) is 7.11 Å². The Morgan fingerprint density at radius 1 is 1.24 bits per heavy atom. The Labute approximate surface area is 148 Å². The van der Waals surface area contributed by atoms with Crippen LogP contribution in [-0.2, 0) is 9.53 Å². The molecular weight excluding hydrogens is 316 g/mol. The molecule has 1 saturated heterocycles. The first-order valence-electron chi connectivity index (χ1n) is 8.56. The molecule has 1 aliphatic heterocycles. The van der Waals surface area contributed by atoms with Crippen LogP contribution < -0.4 is 15.4 Å². The van der Waals surface area contributed by atoms with Gasteiger partial charge in [0.05, 0.1) is 26.4 Å². The molecule has 25 heavy (non-hydrogen) atoms. The Morgan fingerprint density at radius 3 is 2.72 bits per heavy atom. The van der Waals surface area contributed by atoms with Gasteiger partial charge in [-0.05, 0) is 11.6 Å². The van der Waals surface area contributed by atoms with Gasteiger partial charge in [0.1, 0.15) is 5.75 Å². The zero-order chi connectivity index (χ0) is 17.5. The van der Waals surface area contributed by atoms with Crippen molar-refractivity contribution in [1.82, 2.24) is 10.6 Å². The summed E-state index contributed by atoms with van der Waals surface area (Å²) in [6.07, 6.45) is 0.387. The number of amides is 1. The van der Waals surface area contributed by atoms with Gasteiger partial charge in [-0.1, -0.05) is 48.5 Å². The van der Waals surface area contributed by atoms with Crippen LogP contribution in [0.4, 0.5) is 0 Å². The number of ether oxygens (including phenoxy) is 2. The number of morpholine rings is 1. The van der Waals surface area contributed by atoms with Gasteiger partial charge in [0.2, 0.25) is 5.91 Å². The smallest absolute Gasteiger partial charge is 0.222 e. The standard InChI is InChI=1S/C20H24N2O3/c1-24-18-10-6-5-9-17(18)20(15-7-3-2-4-8-15)22-19(23)13-16-14-25-12-11-21-16/h2-10,16,20-21H,11-14H2,1H3,(H,22,23). The average molecular weight is 340 g/mol. The van der Waals surface area contributed by atoms with E-state index in [0.29, 0.717) is 19.6 Å². The average Bonchev–Trinajstić information content (AvgIpc) is 2.67. The van der Waals surface area contributed by atoms with E-state index in [-0.39, 0.29) is 18.0 Å². The summed E-state index contributed by atoms with van der Waals surface area (Å²) < 4.78 is 10.9. The van der Waals surface area contributed by atoms with E-state index in [2.05, 4.69) is 10.6 Å². The summed E-state index contributed by atoms with van der Waals surface area (Å²) in [5, 5.41) is 6.47. The minimum absolute atomic E-state index is 0.0113. The second kappa shape index (κ2) is 8.65. The molecule has 0 spiro atoms. The second-order valence-electron chi connectivity index (χ2n) is 6.08. The monoisotopic (exact) mass is 340 g/mol. The van der Waals surface area contributed by atoms with Gasteiger partial charge in [-0.15, -0.1) is 0 Å². The molecule has 2 aromatic carbocycles. The topological polar surface area (TPSA) is 59.6 Å². The lowest BCUT2D eigenvalue weighted by Gasteiger charge is -2.26. The Morgan fingerprint density at radius 2 is 2.00 bits per heavy atom. The van der Waals surface area contributed by atoms with Crippen LogP contribution in [0.15, 0.2) is 54.6 Å². The van der Waals surface area contributed by atoms with Crippen molar-refractivity contribution < 1.29 is 14.3 Å². The van der Waals surface area contributed by atoms with Crippen LogP contribution in [0.2, 0.25) is 0 Å². The van der Waals surface area contributed by atoms with Crippen molar-refractivity contribution in [1.29, 1.82) is 0 Å². The molecule has 1 fully saturated rings. The molecule has 2 atom stereocenters. The Bertz CT molecular complexity index is 684. The highest BCUT2D eigenvalue weighted by Gasteiger charge is 2.23. The number of nitrogens with one attached hydrogen (secondary N) is 2. The predicted molar refractivity (Wildman–Crippen MR) is 96.6 cm³/mol. The van der Waals surface area contributed by atoms with E-state index in [1.165, 1.54) is 0 Å². The molecule has 1 aliphatic rings. The van der Waals surface area contributed by atoms with Crippen LogP contribution in [0, 0.1) is 0 Å². The lowest BCUT2D eigenvalue weighted by molar-refractivity contribution is -0.122. The van der Waals surface area contributed by atoms with Crippen LogP contribution in [0.5, 0.6) is 5.75 Å². The molecule has 1 heterocycles. The van der Waals surface area contributed by atoms with Gasteiger partial charge in [0.15, 0.2) is 0 Å². The number of methoxy groups -OCH3 is 1. The quantitative estimate of drug-likeness (QED) is 0.847. The van der Waals surface area contributed by atoms with Gasteiger partial charge < -0.3 is 20.1 Å². The van der Waals surface area contributed by atoms with E-state index >= 15 is 0 Å². The van der Waals surface area contributed by atoms with Crippen LogP contribution in [0.3, 0.4) is 0 Å². The first-order chi connectivity index (χ1) is 12.3. The fourth-order valence-electron chi connectivity index (χ4n) is 3.09. The minimum Gasteiger partial charge on any atom is -0.496 e. The fraction of sp³-hybridized carbons (Fsp3) is 0.350. The molecule has 2 aromatic rings. The van der Waals surface area contributed by atoms with Crippen molar-refractivity contribution in [3.05, 3.63) is 65.7 Å². The van der Waals surface area contributed by atoms with Crippen LogP contribution in [-0.4, -0.2) is 38.8 Å². The Balaban J connectivity index is 1.80. The van der Waals surface area contributed by atoms with Gasteiger partial charge in [-0.3, -0.25) is 4.79 Å². The molecule has 0 saturated carbocycles. The first kappa shape index (κ1) is 17.5. The third-order valence-corrected chi connectivity index (χ3v) is 4.32. The van der Waals surface area contributed by atoms with Crippen LogP contribution >= 0.6 is 0 Å². The molecule has 0 bridgehead atoms. The number of rotatable bonds is 6.